The number of halogens is 1. The van der Waals surface area contributed by atoms with Gasteiger partial charge in [0.25, 0.3) is 5.56 Å². The van der Waals surface area contributed by atoms with Crippen molar-refractivity contribution in [1.29, 1.82) is 0 Å². The van der Waals surface area contributed by atoms with Gasteiger partial charge in [0.2, 0.25) is 12.7 Å². The molecule has 2 aromatic carbocycles. The number of carbonyl (C=O) groups excluding carboxylic acids is 1. The number of benzene rings is 2. The van der Waals surface area contributed by atoms with Crippen LogP contribution in [0.2, 0.25) is 0 Å². The Kier molecular flexibility index (Phi) is 5.24. The molecule has 0 bridgehead atoms. The maximum Gasteiger partial charge on any atom is 0.340 e. The van der Waals surface area contributed by atoms with Crippen LogP contribution in [0.4, 0.5) is 4.39 Å². The summed E-state index contributed by atoms with van der Waals surface area (Å²) in [5.41, 5.74) is 7.12. The molecule has 0 unspecified atom stereocenters. The molecule has 0 fully saturated rings. The van der Waals surface area contributed by atoms with Crippen LogP contribution in [0.1, 0.15) is 28.3 Å². The highest BCUT2D eigenvalue weighted by Crippen LogP contribution is 2.42. The molecule has 1 aromatic heterocycles. The molecule has 0 amide bonds. The van der Waals surface area contributed by atoms with Crippen LogP contribution in [-0.4, -0.2) is 24.4 Å². The van der Waals surface area contributed by atoms with E-state index in [0.717, 1.165) is 5.56 Å². The quantitative estimate of drug-likeness (QED) is 0.593. The summed E-state index contributed by atoms with van der Waals surface area (Å²) in [6, 6.07) is 13.0. The molecule has 174 valence electrons. The topological polar surface area (TPSA) is 102 Å². The van der Waals surface area contributed by atoms with Crippen molar-refractivity contribution in [2.75, 3.05) is 13.9 Å². The fourth-order valence-corrected chi connectivity index (χ4v) is 4.33. The van der Waals surface area contributed by atoms with Crippen molar-refractivity contribution >= 4 is 5.97 Å². The molecule has 0 spiro atoms. The number of carbonyl (C=O) groups is 1. The van der Waals surface area contributed by atoms with Crippen LogP contribution < -0.4 is 25.5 Å². The van der Waals surface area contributed by atoms with Crippen molar-refractivity contribution in [3.63, 3.8) is 0 Å². The highest BCUT2D eigenvalue weighted by atomic mass is 19.1. The lowest BCUT2D eigenvalue weighted by atomic mass is 9.83. The van der Waals surface area contributed by atoms with E-state index < -0.39 is 23.3 Å². The van der Waals surface area contributed by atoms with E-state index in [1.54, 1.807) is 31.2 Å². The predicted molar refractivity (Wildman–Crippen MR) is 119 cm³/mol. The molecule has 0 saturated carbocycles. The van der Waals surface area contributed by atoms with Gasteiger partial charge in [-0.3, -0.25) is 4.79 Å². The minimum atomic E-state index is -1.10. The summed E-state index contributed by atoms with van der Waals surface area (Å²) >= 11 is 0. The highest BCUT2D eigenvalue weighted by Gasteiger charge is 2.39. The van der Waals surface area contributed by atoms with E-state index in [2.05, 4.69) is 0 Å². The summed E-state index contributed by atoms with van der Waals surface area (Å²) in [6.07, 6.45) is 0. The summed E-state index contributed by atoms with van der Waals surface area (Å²) < 4.78 is 37.8. The lowest BCUT2D eigenvalue weighted by Crippen LogP contribution is -2.35. The Labute approximate surface area is 193 Å². The minimum absolute atomic E-state index is 0.103. The molecule has 8 nitrogen and oxygen atoms in total. The number of aryl methyl sites for hydroxylation is 1. The van der Waals surface area contributed by atoms with Crippen LogP contribution >= 0.6 is 0 Å². The van der Waals surface area contributed by atoms with Crippen molar-refractivity contribution in [1.82, 2.24) is 4.57 Å². The summed E-state index contributed by atoms with van der Waals surface area (Å²) in [6.45, 7) is 2.11. The number of hydrogen-bond donors (Lipinski definition) is 1. The van der Waals surface area contributed by atoms with Crippen LogP contribution in [0.15, 0.2) is 64.8 Å². The molecule has 9 heteroatoms. The Hall–Kier alpha value is -4.27. The number of rotatable bonds is 4. The molecule has 2 aliphatic heterocycles. The number of nitrogens with two attached hydrogens (primary N) is 1. The first-order chi connectivity index (χ1) is 16.4. The van der Waals surface area contributed by atoms with Gasteiger partial charge >= 0.3 is 5.97 Å². The van der Waals surface area contributed by atoms with Gasteiger partial charge in [0.05, 0.1) is 25.1 Å². The third-order valence-electron chi connectivity index (χ3n) is 5.97. The first-order valence-electron chi connectivity index (χ1n) is 10.5. The third-order valence-corrected chi connectivity index (χ3v) is 5.97. The molecule has 5 rings (SSSR count). The lowest BCUT2D eigenvalue weighted by Gasteiger charge is -2.29. The fourth-order valence-electron chi connectivity index (χ4n) is 4.33. The number of nitrogens with zero attached hydrogens (tertiary/aromatic N) is 1. The number of aromatic nitrogens is 1. The second-order valence-corrected chi connectivity index (χ2v) is 7.97. The first kappa shape index (κ1) is 21.6. The van der Waals surface area contributed by atoms with Crippen molar-refractivity contribution in [2.45, 2.75) is 19.4 Å². The van der Waals surface area contributed by atoms with Crippen LogP contribution in [-0.2, 0) is 16.1 Å². The number of hydrogen-bond acceptors (Lipinski definition) is 7. The standard InChI is InChI=1S/C25H21FN2O6/c1-13-9-19-21(24(29)28(13)11-14-7-8-17-18(10-14)33-12-32-17)20(15-5-3-4-6-16(15)26)22(23(27)34-19)25(30)31-2/h3-10,20H,11-12,27H2,1-2H3/t20-/m0/s1. The lowest BCUT2D eigenvalue weighted by molar-refractivity contribution is -0.136. The summed E-state index contributed by atoms with van der Waals surface area (Å²) in [5.74, 6) is -1.33. The Morgan fingerprint density at radius 3 is 2.68 bits per heavy atom. The van der Waals surface area contributed by atoms with Crippen LogP contribution in [0.25, 0.3) is 0 Å². The molecule has 0 radical (unpaired) electrons. The third kappa shape index (κ3) is 3.45. The van der Waals surface area contributed by atoms with Gasteiger partial charge in [0, 0.05) is 17.3 Å². The summed E-state index contributed by atoms with van der Waals surface area (Å²) in [7, 11) is 1.18. The largest absolute Gasteiger partial charge is 0.465 e. The van der Waals surface area contributed by atoms with E-state index in [9.17, 15) is 14.0 Å². The van der Waals surface area contributed by atoms with Crippen LogP contribution in [0.3, 0.4) is 0 Å². The summed E-state index contributed by atoms with van der Waals surface area (Å²) in [4.78, 5) is 26.5. The zero-order chi connectivity index (χ0) is 24.0. The van der Waals surface area contributed by atoms with Crippen molar-refractivity contribution in [2.24, 2.45) is 5.73 Å². The van der Waals surface area contributed by atoms with E-state index in [4.69, 9.17) is 24.7 Å². The predicted octanol–water partition coefficient (Wildman–Crippen LogP) is 2.94. The Morgan fingerprint density at radius 1 is 1.15 bits per heavy atom. The van der Waals surface area contributed by atoms with Gasteiger partial charge in [-0.1, -0.05) is 24.3 Å². The molecule has 2 N–H and O–H groups in total. The molecular weight excluding hydrogens is 443 g/mol. The first-order valence-corrected chi connectivity index (χ1v) is 10.5. The van der Waals surface area contributed by atoms with Gasteiger partial charge in [0.15, 0.2) is 11.5 Å². The number of ether oxygens (including phenoxy) is 4. The number of fused-ring (bicyclic) bond motifs is 2. The zero-order valence-electron chi connectivity index (χ0n) is 18.5. The number of methoxy groups -OCH3 is 1. The van der Waals surface area contributed by atoms with Gasteiger partial charge in [-0.05, 0) is 30.7 Å². The maximum absolute atomic E-state index is 14.9. The van der Waals surface area contributed by atoms with Crippen molar-refractivity contribution in [3.8, 4) is 17.2 Å². The number of pyridine rings is 1. The molecule has 2 aliphatic rings. The van der Waals surface area contributed by atoms with E-state index in [1.165, 1.54) is 29.9 Å². The normalized spacial score (nSPS) is 16.1. The summed E-state index contributed by atoms with van der Waals surface area (Å²) in [5, 5.41) is 0. The van der Waals surface area contributed by atoms with Gasteiger partial charge in [0.1, 0.15) is 17.1 Å². The van der Waals surface area contributed by atoms with Gasteiger partial charge < -0.3 is 29.2 Å². The molecule has 3 aromatic rings. The molecule has 3 heterocycles. The molecule has 0 saturated heterocycles. The monoisotopic (exact) mass is 464 g/mol. The minimum Gasteiger partial charge on any atom is -0.465 e. The average molecular weight is 464 g/mol. The fraction of sp³-hybridized carbons (Fsp3) is 0.200. The smallest absolute Gasteiger partial charge is 0.340 e. The maximum atomic E-state index is 14.9. The zero-order valence-corrected chi connectivity index (χ0v) is 18.5. The van der Waals surface area contributed by atoms with E-state index in [1.807, 2.05) is 6.07 Å². The Morgan fingerprint density at radius 2 is 1.91 bits per heavy atom. The second kappa shape index (κ2) is 8.26. The Bertz CT molecular complexity index is 1410. The van der Waals surface area contributed by atoms with Crippen LogP contribution in [0.5, 0.6) is 17.2 Å². The van der Waals surface area contributed by atoms with Gasteiger partial charge in [-0.15, -0.1) is 0 Å². The van der Waals surface area contributed by atoms with E-state index in [0.29, 0.717) is 17.2 Å². The second-order valence-electron chi connectivity index (χ2n) is 7.97. The van der Waals surface area contributed by atoms with Crippen molar-refractivity contribution in [3.05, 3.63) is 98.5 Å². The molecule has 1 atom stereocenters. The van der Waals surface area contributed by atoms with E-state index in [-0.39, 0.29) is 41.7 Å². The molecular formula is C25H21FN2O6. The van der Waals surface area contributed by atoms with Gasteiger partial charge in [-0.2, -0.15) is 0 Å². The average Bonchev–Trinajstić information content (AvgIpc) is 3.29. The molecule has 0 aliphatic carbocycles. The van der Waals surface area contributed by atoms with E-state index >= 15 is 0 Å². The van der Waals surface area contributed by atoms with Crippen LogP contribution in [0, 0.1) is 12.7 Å². The van der Waals surface area contributed by atoms with Gasteiger partial charge in [-0.25, -0.2) is 9.18 Å². The van der Waals surface area contributed by atoms with Crippen molar-refractivity contribution < 1.29 is 28.1 Å². The SMILES string of the molecule is COC(=O)C1=C(N)Oc2cc(C)n(Cc3ccc4c(c3)OCO4)c(=O)c2[C@@H]1c1ccccc1F. The Balaban J connectivity index is 1.68. The number of esters is 1. The molecule has 34 heavy (non-hydrogen) atoms. The highest BCUT2D eigenvalue weighted by molar-refractivity contribution is 5.92.